The summed E-state index contributed by atoms with van der Waals surface area (Å²) in [5.41, 5.74) is 1.14. The minimum Gasteiger partial charge on any atom is -0.322 e. The standard InChI is InChI=1S/C20H26N4O5S/c1-30(28,29)23-11-9-22(10-12-23)20(27)21-14-7-8-16-17(13-14)19(26)24(18(16)25)15-5-3-2-4-6-15/h7-8,13,15H,2-6,9-12H2,1H3,(H,21,27). The van der Waals surface area contributed by atoms with Gasteiger partial charge in [-0.05, 0) is 31.0 Å². The van der Waals surface area contributed by atoms with E-state index < -0.39 is 10.0 Å². The fourth-order valence-corrected chi connectivity index (χ4v) is 5.26. The molecule has 4 rings (SSSR count). The first-order valence-electron chi connectivity index (χ1n) is 10.3. The molecule has 1 saturated carbocycles. The third-order valence-electron chi connectivity index (χ3n) is 6.10. The minimum absolute atomic E-state index is 0.0460. The zero-order chi connectivity index (χ0) is 21.5. The van der Waals surface area contributed by atoms with Gasteiger partial charge in [-0.25, -0.2) is 13.2 Å². The lowest BCUT2D eigenvalue weighted by Gasteiger charge is -2.33. The van der Waals surface area contributed by atoms with Crippen molar-refractivity contribution in [3.8, 4) is 0 Å². The molecule has 0 aromatic heterocycles. The second-order valence-electron chi connectivity index (χ2n) is 8.11. The highest BCUT2D eigenvalue weighted by atomic mass is 32.2. The van der Waals surface area contributed by atoms with E-state index in [0.717, 1.165) is 38.4 Å². The highest BCUT2D eigenvalue weighted by Crippen LogP contribution is 2.32. The first-order valence-corrected chi connectivity index (χ1v) is 12.1. The van der Waals surface area contributed by atoms with Crippen molar-refractivity contribution in [3.05, 3.63) is 29.3 Å². The van der Waals surface area contributed by atoms with Crippen molar-refractivity contribution in [2.75, 3.05) is 37.8 Å². The smallest absolute Gasteiger partial charge is 0.321 e. The largest absolute Gasteiger partial charge is 0.322 e. The van der Waals surface area contributed by atoms with Crippen LogP contribution in [0.5, 0.6) is 0 Å². The summed E-state index contributed by atoms with van der Waals surface area (Å²) < 4.78 is 24.6. The van der Waals surface area contributed by atoms with Crippen molar-refractivity contribution in [1.29, 1.82) is 0 Å². The van der Waals surface area contributed by atoms with E-state index in [2.05, 4.69) is 5.32 Å². The summed E-state index contributed by atoms with van der Waals surface area (Å²) in [5.74, 6) is -0.545. The first kappa shape index (κ1) is 20.8. The molecule has 1 saturated heterocycles. The topological polar surface area (TPSA) is 107 Å². The molecule has 2 heterocycles. The van der Waals surface area contributed by atoms with Gasteiger partial charge in [-0.3, -0.25) is 14.5 Å². The van der Waals surface area contributed by atoms with Crippen LogP contribution in [0.1, 0.15) is 52.8 Å². The van der Waals surface area contributed by atoms with E-state index in [1.807, 2.05) is 0 Å². The highest BCUT2D eigenvalue weighted by molar-refractivity contribution is 7.88. The molecule has 1 aromatic rings. The monoisotopic (exact) mass is 434 g/mol. The van der Waals surface area contributed by atoms with Gasteiger partial charge in [0.15, 0.2) is 0 Å². The Morgan fingerprint density at radius 3 is 2.23 bits per heavy atom. The molecule has 9 nitrogen and oxygen atoms in total. The van der Waals surface area contributed by atoms with Crippen LogP contribution in [0, 0.1) is 0 Å². The van der Waals surface area contributed by atoms with Gasteiger partial charge in [-0.15, -0.1) is 0 Å². The SMILES string of the molecule is CS(=O)(=O)N1CCN(C(=O)Nc2ccc3c(c2)C(=O)N(C2CCCCC2)C3=O)CC1. The van der Waals surface area contributed by atoms with Crippen LogP contribution in [-0.4, -0.2) is 78.8 Å². The fraction of sp³-hybridized carbons (Fsp3) is 0.550. The van der Waals surface area contributed by atoms with Crippen LogP contribution < -0.4 is 5.32 Å². The number of sulfonamides is 1. The molecule has 0 spiro atoms. The van der Waals surface area contributed by atoms with Crippen LogP contribution in [0.2, 0.25) is 0 Å². The quantitative estimate of drug-likeness (QED) is 0.729. The third kappa shape index (κ3) is 3.93. The minimum atomic E-state index is -3.27. The molecule has 0 unspecified atom stereocenters. The average Bonchev–Trinajstić information content (AvgIpc) is 2.98. The number of piperazine rings is 1. The molecule has 2 fully saturated rings. The molecule has 162 valence electrons. The van der Waals surface area contributed by atoms with Crippen LogP contribution in [0.3, 0.4) is 0 Å². The number of imide groups is 1. The average molecular weight is 435 g/mol. The molecule has 4 amide bonds. The maximum atomic E-state index is 12.9. The van der Waals surface area contributed by atoms with Gasteiger partial charge < -0.3 is 10.2 Å². The zero-order valence-corrected chi connectivity index (χ0v) is 17.8. The number of hydrogen-bond acceptors (Lipinski definition) is 5. The summed E-state index contributed by atoms with van der Waals surface area (Å²) in [5, 5.41) is 2.76. The molecule has 10 heteroatoms. The number of amides is 4. The summed E-state index contributed by atoms with van der Waals surface area (Å²) in [6.07, 6.45) is 6.01. The van der Waals surface area contributed by atoms with E-state index in [9.17, 15) is 22.8 Å². The Kier molecular flexibility index (Phi) is 5.54. The molecule has 2 aliphatic heterocycles. The molecular formula is C20H26N4O5S. The van der Waals surface area contributed by atoms with Crippen LogP contribution in [0.15, 0.2) is 18.2 Å². The molecule has 1 aliphatic carbocycles. The zero-order valence-electron chi connectivity index (χ0n) is 17.0. The number of carbonyl (C=O) groups excluding carboxylic acids is 3. The lowest BCUT2D eigenvalue weighted by atomic mass is 9.94. The van der Waals surface area contributed by atoms with Crippen LogP contribution in [0.4, 0.5) is 10.5 Å². The summed E-state index contributed by atoms with van der Waals surface area (Å²) >= 11 is 0. The third-order valence-corrected chi connectivity index (χ3v) is 7.41. The van der Waals surface area contributed by atoms with E-state index in [1.54, 1.807) is 18.2 Å². The van der Waals surface area contributed by atoms with Gasteiger partial charge in [-0.1, -0.05) is 19.3 Å². The summed E-state index contributed by atoms with van der Waals surface area (Å²) in [7, 11) is -3.27. The lowest BCUT2D eigenvalue weighted by Crippen LogP contribution is -2.51. The van der Waals surface area contributed by atoms with Crippen molar-refractivity contribution in [1.82, 2.24) is 14.1 Å². The van der Waals surface area contributed by atoms with Gasteiger partial charge in [0.1, 0.15) is 0 Å². The molecule has 30 heavy (non-hydrogen) atoms. The van der Waals surface area contributed by atoms with Crippen molar-refractivity contribution >= 4 is 33.6 Å². The number of anilines is 1. The van der Waals surface area contributed by atoms with E-state index in [1.165, 1.54) is 14.1 Å². The number of urea groups is 1. The molecule has 3 aliphatic rings. The van der Waals surface area contributed by atoms with Crippen molar-refractivity contribution in [2.45, 2.75) is 38.1 Å². The van der Waals surface area contributed by atoms with Crippen LogP contribution in [-0.2, 0) is 10.0 Å². The van der Waals surface area contributed by atoms with Gasteiger partial charge >= 0.3 is 6.03 Å². The van der Waals surface area contributed by atoms with Crippen molar-refractivity contribution in [2.24, 2.45) is 0 Å². The van der Waals surface area contributed by atoms with E-state index >= 15 is 0 Å². The number of nitrogens with zero attached hydrogens (tertiary/aromatic N) is 3. The van der Waals surface area contributed by atoms with Gasteiger partial charge in [0, 0.05) is 37.9 Å². The van der Waals surface area contributed by atoms with E-state index in [-0.39, 0.29) is 50.1 Å². The maximum absolute atomic E-state index is 12.9. The molecule has 1 N–H and O–H groups in total. The first-order chi connectivity index (χ1) is 14.3. The Balaban J connectivity index is 1.43. The van der Waals surface area contributed by atoms with Crippen molar-refractivity contribution < 1.29 is 22.8 Å². The molecule has 0 radical (unpaired) electrons. The second-order valence-corrected chi connectivity index (χ2v) is 10.1. The summed E-state index contributed by atoms with van der Waals surface area (Å²) in [6, 6.07) is 4.37. The Hall–Kier alpha value is -2.46. The van der Waals surface area contributed by atoms with E-state index in [4.69, 9.17) is 0 Å². The van der Waals surface area contributed by atoms with Gasteiger partial charge in [0.2, 0.25) is 10.0 Å². The predicted molar refractivity (Wildman–Crippen MR) is 111 cm³/mol. The fourth-order valence-electron chi connectivity index (χ4n) is 4.43. The normalized spacial score (nSPS) is 21.1. The Labute approximate surface area is 176 Å². The number of benzene rings is 1. The lowest BCUT2D eigenvalue weighted by molar-refractivity contribution is 0.0549. The van der Waals surface area contributed by atoms with Gasteiger partial charge in [0.05, 0.1) is 17.4 Å². The van der Waals surface area contributed by atoms with Gasteiger partial charge in [-0.2, -0.15) is 4.31 Å². The Morgan fingerprint density at radius 2 is 1.60 bits per heavy atom. The second kappa shape index (κ2) is 7.99. The van der Waals surface area contributed by atoms with Gasteiger partial charge in [0.25, 0.3) is 11.8 Å². The predicted octanol–water partition coefficient (Wildman–Crippen LogP) is 1.72. The highest BCUT2D eigenvalue weighted by Gasteiger charge is 2.40. The Morgan fingerprint density at radius 1 is 0.967 bits per heavy atom. The number of nitrogens with one attached hydrogen (secondary N) is 1. The van der Waals surface area contributed by atoms with Crippen molar-refractivity contribution in [3.63, 3.8) is 0 Å². The van der Waals surface area contributed by atoms with E-state index in [0.29, 0.717) is 16.8 Å². The number of hydrogen-bond donors (Lipinski definition) is 1. The molecule has 0 atom stereocenters. The Bertz CT molecular complexity index is 979. The molecule has 1 aromatic carbocycles. The number of rotatable bonds is 3. The number of carbonyl (C=O) groups is 3. The number of fused-ring (bicyclic) bond motifs is 1. The molecule has 0 bridgehead atoms. The summed E-state index contributed by atoms with van der Waals surface area (Å²) in [6.45, 7) is 1.08. The van der Waals surface area contributed by atoms with Crippen LogP contribution >= 0.6 is 0 Å². The maximum Gasteiger partial charge on any atom is 0.321 e. The molecular weight excluding hydrogens is 408 g/mol. The van der Waals surface area contributed by atoms with Crippen LogP contribution in [0.25, 0.3) is 0 Å². The summed E-state index contributed by atoms with van der Waals surface area (Å²) in [4.78, 5) is 41.1.